The maximum Gasteiger partial charge on any atom is 0.355 e. The first-order valence-electron chi connectivity index (χ1n) is 13.8. The number of carbonyl (C=O) groups is 3. The summed E-state index contributed by atoms with van der Waals surface area (Å²) in [5.74, 6) is -0.620. The maximum absolute atomic E-state index is 13.5. The molecule has 8 nitrogen and oxygen atoms in total. The Hall–Kier alpha value is -4.43. The Balaban J connectivity index is 1.37. The van der Waals surface area contributed by atoms with Crippen molar-refractivity contribution in [3.63, 3.8) is 0 Å². The molecule has 1 saturated heterocycles. The fourth-order valence-electron chi connectivity index (χ4n) is 5.40. The van der Waals surface area contributed by atoms with Gasteiger partial charge in [-0.15, -0.1) is 0 Å². The molecule has 1 N–H and O–H groups in total. The third kappa shape index (κ3) is 5.47. The van der Waals surface area contributed by atoms with Crippen LogP contribution in [0.25, 0.3) is 10.9 Å². The standard InChI is InChI=1S/C33H36N4O4/c1-33(25-13-9-6-10-14-25)31(39)37(32(40)36(33)4)20-17-23-15-16-28-27(21-23)26(18-19-35(2)3)29(34-28)30(38)41-22-24-11-7-5-8-12-24/h5-16,21,34H,17-20,22H2,1-4H3. The molecule has 2 heterocycles. The molecule has 0 saturated carbocycles. The van der Waals surface area contributed by atoms with Gasteiger partial charge in [0, 0.05) is 31.0 Å². The van der Waals surface area contributed by atoms with Crippen molar-refractivity contribution >= 4 is 28.8 Å². The summed E-state index contributed by atoms with van der Waals surface area (Å²) in [6, 6.07) is 24.7. The number of carbonyl (C=O) groups excluding carboxylic acids is 3. The fraction of sp³-hybridized carbons (Fsp3) is 0.303. The van der Waals surface area contributed by atoms with Crippen LogP contribution in [0.15, 0.2) is 78.9 Å². The van der Waals surface area contributed by atoms with Crippen molar-refractivity contribution in [2.75, 3.05) is 34.2 Å². The van der Waals surface area contributed by atoms with Gasteiger partial charge in [-0.1, -0.05) is 66.7 Å². The smallest absolute Gasteiger partial charge is 0.355 e. The van der Waals surface area contributed by atoms with E-state index in [4.69, 9.17) is 4.74 Å². The molecule has 5 rings (SSSR count). The number of ether oxygens (including phenoxy) is 1. The molecule has 3 amide bonds. The van der Waals surface area contributed by atoms with E-state index >= 15 is 0 Å². The van der Waals surface area contributed by atoms with Gasteiger partial charge in [-0.3, -0.25) is 9.69 Å². The molecule has 0 spiro atoms. The average molecular weight is 553 g/mol. The summed E-state index contributed by atoms with van der Waals surface area (Å²) in [6.07, 6.45) is 1.16. The quantitative estimate of drug-likeness (QED) is 0.222. The van der Waals surface area contributed by atoms with Crippen molar-refractivity contribution in [2.45, 2.75) is 31.9 Å². The molecule has 4 aromatic rings. The first kappa shape index (κ1) is 28.1. The zero-order chi connectivity index (χ0) is 29.1. The second-order valence-corrected chi connectivity index (χ2v) is 11.0. The highest BCUT2D eigenvalue weighted by Crippen LogP contribution is 2.36. The first-order chi connectivity index (χ1) is 19.7. The van der Waals surface area contributed by atoms with E-state index in [0.29, 0.717) is 18.5 Å². The number of hydrogen-bond acceptors (Lipinski definition) is 5. The molecule has 3 aromatic carbocycles. The van der Waals surface area contributed by atoms with Gasteiger partial charge in [0.2, 0.25) is 0 Å². The summed E-state index contributed by atoms with van der Waals surface area (Å²) in [5.41, 5.74) is 3.85. The van der Waals surface area contributed by atoms with E-state index in [0.717, 1.165) is 39.7 Å². The van der Waals surface area contributed by atoms with Gasteiger partial charge in [0.15, 0.2) is 0 Å². The predicted molar refractivity (Wildman–Crippen MR) is 158 cm³/mol. The zero-order valence-corrected chi connectivity index (χ0v) is 24.0. The molecule has 1 fully saturated rings. The number of hydrogen-bond donors (Lipinski definition) is 1. The van der Waals surface area contributed by atoms with Gasteiger partial charge >= 0.3 is 12.0 Å². The molecule has 1 unspecified atom stereocenters. The molecule has 0 aliphatic carbocycles. The van der Waals surface area contributed by atoms with E-state index in [9.17, 15) is 14.4 Å². The SMILES string of the molecule is CN(C)CCc1c(C(=O)OCc2ccccc2)[nH]c2ccc(CCN3C(=O)N(C)C(C)(c4ccccc4)C3=O)cc12. The van der Waals surface area contributed by atoms with E-state index in [1.165, 1.54) is 9.80 Å². The molecule has 1 atom stereocenters. The van der Waals surface area contributed by atoms with Crippen molar-refractivity contribution < 1.29 is 19.1 Å². The molecule has 41 heavy (non-hydrogen) atoms. The van der Waals surface area contributed by atoms with Gasteiger partial charge in [0.25, 0.3) is 5.91 Å². The largest absolute Gasteiger partial charge is 0.456 e. The van der Waals surface area contributed by atoms with Crippen LogP contribution in [0.4, 0.5) is 4.79 Å². The van der Waals surface area contributed by atoms with Crippen molar-refractivity contribution in [3.8, 4) is 0 Å². The Morgan fingerprint density at radius 1 is 0.927 bits per heavy atom. The molecular formula is C33H36N4O4. The van der Waals surface area contributed by atoms with Crippen LogP contribution >= 0.6 is 0 Å². The number of imide groups is 1. The van der Waals surface area contributed by atoms with Crippen molar-refractivity contribution in [2.24, 2.45) is 0 Å². The summed E-state index contributed by atoms with van der Waals surface area (Å²) in [7, 11) is 5.67. The number of nitrogens with one attached hydrogen (secondary N) is 1. The summed E-state index contributed by atoms with van der Waals surface area (Å²) in [4.78, 5) is 48.1. The summed E-state index contributed by atoms with van der Waals surface area (Å²) < 4.78 is 5.66. The molecule has 1 aromatic heterocycles. The highest BCUT2D eigenvalue weighted by molar-refractivity contribution is 6.07. The zero-order valence-electron chi connectivity index (χ0n) is 24.0. The fourth-order valence-corrected chi connectivity index (χ4v) is 5.40. The highest BCUT2D eigenvalue weighted by atomic mass is 16.5. The minimum atomic E-state index is -1.04. The topological polar surface area (TPSA) is 85.9 Å². The van der Waals surface area contributed by atoms with Crippen LogP contribution in [0, 0.1) is 0 Å². The van der Waals surface area contributed by atoms with Crippen molar-refractivity contribution in [1.29, 1.82) is 0 Å². The van der Waals surface area contributed by atoms with Gasteiger partial charge in [-0.25, -0.2) is 9.59 Å². The lowest BCUT2D eigenvalue weighted by atomic mass is 9.91. The maximum atomic E-state index is 13.5. The minimum absolute atomic E-state index is 0.196. The number of likely N-dealkylation sites (N-methyl/N-ethyl adjacent to an activating group) is 2. The number of urea groups is 1. The second kappa shape index (κ2) is 11.6. The number of aromatic amines is 1. The van der Waals surface area contributed by atoms with E-state index in [1.807, 2.05) is 86.9 Å². The Morgan fingerprint density at radius 3 is 2.29 bits per heavy atom. The first-order valence-corrected chi connectivity index (χ1v) is 13.8. The number of benzene rings is 3. The lowest BCUT2D eigenvalue weighted by Crippen LogP contribution is -2.42. The molecule has 1 aliphatic heterocycles. The van der Waals surface area contributed by atoms with E-state index < -0.39 is 11.5 Å². The van der Waals surface area contributed by atoms with Crippen LogP contribution in [0.1, 0.15) is 39.7 Å². The van der Waals surface area contributed by atoms with E-state index in [2.05, 4.69) is 16.0 Å². The predicted octanol–water partition coefficient (Wildman–Crippen LogP) is 4.98. The summed E-state index contributed by atoms with van der Waals surface area (Å²) in [5, 5.41) is 0.946. The Bertz CT molecular complexity index is 1560. The van der Waals surface area contributed by atoms with Crippen molar-refractivity contribution in [3.05, 3.63) is 107 Å². The molecule has 1 aliphatic rings. The number of amides is 3. The minimum Gasteiger partial charge on any atom is -0.456 e. The number of H-pyrrole nitrogens is 1. The Labute approximate surface area is 240 Å². The van der Waals surface area contributed by atoms with Crippen molar-refractivity contribution in [1.82, 2.24) is 19.7 Å². The van der Waals surface area contributed by atoms with Gasteiger partial charge in [0.1, 0.15) is 17.8 Å². The normalized spacial score (nSPS) is 17.2. The summed E-state index contributed by atoms with van der Waals surface area (Å²) >= 11 is 0. The van der Waals surface area contributed by atoms with Crippen LogP contribution in [-0.4, -0.2) is 71.8 Å². The van der Waals surface area contributed by atoms with Gasteiger partial charge in [-0.2, -0.15) is 0 Å². The van der Waals surface area contributed by atoms with Gasteiger partial charge in [-0.05, 0) is 68.2 Å². The molecule has 0 bridgehead atoms. The van der Waals surface area contributed by atoms with Crippen LogP contribution in [-0.2, 0) is 34.5 Å². The van der Waals surface area contributed by atoms with Crippen LogP contribution in [0.5, 0.6) is 0 Å². The van der Waals surface area contributed by atoms with Crippen LogP contribution in [0.2, 0.25) is 0 Å². The van der Waals surface area contributed by atoms with Gasteiger partial charge in [0.05, 0.1) is 0 Å². The van der Waals surface area contributed by atoms with Gasteiger partial charge < -0.3 is 19.5 Å². The van der Waals surface area contributed by atoms with Crippen LogP contribution < -0.4 is 0 Å². The van der Waals surface area contributed by atoms with E-state index in [-0.39, 0.29) is 25.1 Å². The third-order valence-electron chi connectivity index (χ3n) is 8.01. The van der Waals surface area contributed by atoms with E-state index in [1.54, 1.807) is 14.0 Å². The summed E-state index contributed by atoms with van der Waals surface area (Å²) in [6.45, 7) is 3.02. The molecule has 8 heteroatoms. The third-order valence-corrected chi connectivity index (χ3v) is 8.01. The molecule has 212 valence electrons. The lowest BCUT2D eigenvalue weighted by Gasteiger charge is -2.28. The highest BCUT2D eigenvalue weighted by Gasteiger charge is 2.53. The number of esters is 1. The number of nitrogens with zero attached hydrogens (tertiary/aromatic N) is 3. The van der Waals surface area contributed by atoms with Crippen LogP contribution in [0.3, 0.4) is 0 Å². The second-order valence-electron chi connectivity index (χ2n) is 11.0. The molecular weight excluding hydrogens is 516 g/mol. The Kier molecular flexibility index (Phi) is 7.94. The molecule has 0 radical (unpaired) electrons. The number of rotatable bonds is 10. The lowest BCUT2D eigenvalue weighted by molar-refractivity contribution is -0.132. The number of fused-ring (bicyclic) bond motifs is 1. The Morgan fingerprint density at radius 2 is 1.61 bits per heavy atom. The average Bonchev–Trinajstić information content (AvgIpc) is 3.43. The number of aromatic nitrogens is 1. The monoisotopic (exact) mass is 552 g/mol.